The van der Waals surface area contributed by atoms with Crippen LogP contribution in [0, 0.1) is 0 Å². The van der Waals surface area contributed by atoms with Crippen molar-refractivity contribution in [3.63, 3.8) is 0 Å². The van der Waals surface area contributed by atoms with E-state index in [2.05, 4.69) is 22.3 Å². The molecule has 6 nitrogen and oxygen atoms in total. The van der Waals surface area contributed by atoms with Crippen molar-refractivity contribution in [1.82, 2.24) is 15.0 Å². The molecule has 0 aromatic carbocycles. The van der Waals surface area contributed by atoms with E-state index in [1.54, 1.807) is 0 Å². The van der Waals surface area contributed by atoms with Crippen LogP contribution in [0.2, 0.25) is 0 Å². The van der Waals surface area contributed by atoms with Gasteiger partial charge in [-0.2, -0.15) is 0 Å². The zero-order valence-electron chi connectivity index (χ0n) is 13.5. The monoisotopic (exact) mass is 314 g/mol. The Labute approximate surface area is 135 Å². The molecule has 0 bridgehead atoms. The fourth-order valence-corrected chi connectivity index (χ4v) is 3.08. The number of pyridine rings is 1. The summed E-state index contributed by atoms with van der Waals surface area (Å²) in [6.07, 6.45) is 6.94. The minimum absolute atomic E-state index is 0.0482. The van der Waals surface area contributed by atoms with Crippen LogP contribution in [0.1, 0.15) is 54.2 Å². The van der Waals surface area contributed by atoms with Gasteiger partial charge in [-0.25, -0.2) is 0 Å². The van der Waals surface area contributed by atoms with Gasteiger partial charge in [0.25, 0.3) is 5.91 Å². The van der Waals surface area contributed by atoms with Crippen molar-refractivity contribution in [3.8, 4) is 0 Å². The third-order valence-electron chi connectivity index (χ3n) is 4.37. The molecule has 2 N–H and O–H groups in total. The molecule has 0 aliphatic carbocycles. The van der Waals surface area contributed by atoms with Crippen LogP contribution >= 0.6 is 0 Å². The lowest BCUT2D eigenvalue weighted by atomic mass is 9.89. The van der Waals surface area contributed by atoms with Gasteiger partial charge in [-0.3, -0.25) is 9.78 Å². The molecule has 2 aromatic heterocycles. The van der Waals surface area contributed by atoms with Crippen molar-refractivity contribution < 1.29 is 9.32 Å². The van der Waals surface area contributed by atoms with Crippen LogP contribution in [0.3, 0.4) is 0 Å². The van der Waals surface area contributed by atoms with E-state index < -0.39 is 5.54 Å². The van der Waals surface area contributed by atoms with E-state index in [4.69, 9.17) is 10.3 Å². The highest BCUT2D eigenvalue weighted by Gasteiger charge is 2.31. The predicted octanol–water partition coefficient (Wildman–Crippen LogP) is 2.28. The van der Waals surface area contributed by atoms with E-state index in [0.717, 1.165) is 25.9 Å². The second-order valence-electron chi connectivity index (χ2n) is 6.65. The number of aromatic nitrogens is 2. The molecule has 1 saturated heterocycles. The second-order valence-corrected chi connectivity index (χ2v) is 6.65. The van der Waals surface area contributed by atoms with Crippen molar-refractivity contribution in [3.05, 3.63) is 47.6 Å². The number of hydrogen-bond acceptors (Lipinski definition) is 5. The molecular formula is C17H22N4O2. The number of piperidine rings is 1. The molecule has 122 valence electrons. The number of rotatable bonds is 3. The van der Waals surface area contributed by atoms with Gasteiger partial charge in [-0.05, 0) is 50.3 Å². The molecule has 1 aliphatic heterocycles. The molecule has 23 heavy (non-hydrogen) atoms. The highest BCUT2D eigenvalue weighted by atomic mass is 16.5. The highest BCUT2D eigenvalue weighted by Crippen LogP contribution is 2.29. The molecule has 3 heterocycles. The number of carbonyl (C=O) groups is 1. The fourth-order valence-electron chi connectivity index (χ4n) is 3.08. The highest BCUT2D eigenvalue weighted by molar-refractivity contribution is 5.95. The van der Waals surface area contributed by atoms with Crippen LogP contribution in [0.5, 0.6) is 0 Å². The van der Waals surface area contributed by atoms with Gasteiger partial charge in [0.1, 0.15) is 17.5 Å². The van der Waals surface area contributed by atoms with Crippen molar-refractivity contribution in [2.24, 2.45) is 5.73 Å². The molecule has 0 spiro atoms. The SMILES string of the molecule is CC(C)(N)c1nocc1C(=O)N1CCC(c2ccncc2)CC1. The van der Waals surface area contributed by atoms with Gasteiger partial charge in [-0.15, -0.1) is 0 Å². The first-order valence-electron chi connectivity index (χ1n) is 7.90. The number of hydrogen-bond donors (Lipinski definition) is 1. The van der Waals surface area contributed by atoms with E-state index in [0.29, 0.717) is 17.2 Å². The molecule has 1 aliphatic rings. The predicted molar refractivity (Wildman–Crippen MR) is 85.8 cm³/mol. The van der Waals surface area contributed by atoms with E-state index in [-0.39, 0.29) is 5.91 Å². The minimum atomic E-state index is -0.701. The summed E-state index contributed by atoms with van der Waals surface area (Å²) in [5, 5.41) is 3.91. The molecule has 0 radical (unpaired) electrons. The van der Waals surface area contributed by atoms with Gasteiger partial charge in [0.15, 0.2) is 0 Å². The summed E-state index contributed by atoms with van der Waals surface area (Å²) in [7, 11) is 0. The normalized spacial score (nSPS) is 16.6. The summed E-state index contributed by atoms with van der Waals surface area (Å²) in [6, 6.07) is 4.11. The van der Waals surface area contributed by atoms with Gasteiger partial charge in [0, 0.05) is 25.5 Å². The van der Waals surface area contributed by atoms with Crippen LogP contribution in [0.15, 0.2) is 35.3 Å². The lowest BCUT2D eigenvalue weighted by molar-refractivity contribution is 0.0710. The van der Waals surface area contributed by atoms with Crippen LogP contribution in [-0.2, 0) is 5.54 Å². The molecule has 0 saturated carbocycles. The van der Waals surface area contributed by atoms with Gasteiger partial charge in [0.2, 0.25) is 0 Å². The van der Waals surface area contributed by atoms with Crippen LogP contribution < -0.4 is 5.73 Å². The van der Waals surface area contributed by atoms with Crippen molar-refractivity contribution in [2.75, 3.05) is 13.1 Å². The summed E-state index contributed by atoms with van der Waals surface area (Å²) in [5.74, 6) is 0.433. The lowest BCUT2D eigenvalue weighted by Gasteiger charge is -2.32. The van der Waals surface area contributed by atoms with E-state index in [9.17, 15) is 4.79 Å². The van der Waals surface area contributed by atoms with Gasteiger partial charge in [-0.1, -0.05) is 5.16 Å². The van der Waals surface area contributed by atoms with Crippen LogP contribution in [-0.4, -0.2) is 34.0 Å². The largest absolute Gasteiger partial charge is 0.364 e. The maximum atomic E-state index is 12.7. The first kappa shape index (κ1) is 15.7. The van der Waals surface area contributed by atoms with Crippen molar-refractivity contribution >= 4 is 5.91 Å². The molecule has 1 amide bonds. The Balaban J connectivity index is 1.69. The summed E-state index contributed by atoms with van der Waals surface area (Å²) in [4.78, 5) is 18.6. The first-order chi connectivity index (χ1) is 11.0. The quantitative estimate of drug-likeness (QED) is 0.939. The Morgan fingerprint density at radius 1 is 1.30 bits per heavy atom. The maximum absolute atomic E-state index is 12.7. The van der Waals surface area contributed by atoms with Crippen molar-refractivity contribution in [1.29, 1.82) is 0 Å². The number of nitrogens with zero attached hydrogens (tertiary/aromatic N) is 3. The third kappa shape index (κ3) is 3.27. The van der Waals surface area contributed by atoms with E-state index in [1.165, 1.54) is 11.8 Å². The zero-order chi connectivity index (χ0) is 16.4. The number of likely N-dealkylation sites (tertiary alicyclic amines) is 1. The Kier molecular flexibility index (Phi) is 4.17. The third-order valence-corrected chi connectivity index (χ3v) is 4.37. The Morgan fingerprint density at radius 3 is 2.57 bits per heavy atom. The molecule has 0 atom stereocenters. The number of carbonyl (C=O) groups excluding carboxylic acids is 1. The maximum Gasteiger partial charge on any atom is 0.259 e. The Hall–Kier alpha value is -2.21. The standard InChI is InChI=1S/C17H22N4O2/c1-17(2,18)15-14(11-23-20-15)16(22)21-9-5-13(6-10-21)12-3-7-19-8-4-12/h3-4,7-8,11,13H,5-6,9-10,18H2,1-2H3. The van der Waals surface area contributed by atoms with Crippen LogP contribution in [0.4, 0.5) is 0 Å². The van der Waals surface area contributed by atoms with Crippen LogP contribution in [0.25, 0.3) is 0 Å². The summed E-state index contributed by atoms with van der Waals surface area (Å²) in [6.45, 7) is 5.08. The Bertz CT molecular complexity index is 667. The molecule has 2 aromatic rings. The average Bonchev–Trinajstić information content (AvgIpc) is 3.05. The molecule has 6 heteroatoms. The number of nitrogens with two attached hydrogens (primary N) is 1. The summed E-state index contributed by atoms with van der Waals surface area (Å²) in [5.41, 5.74) is 7.64. The molecule has 3 rings (SSSR count). The van der Waals surface area contributed by atoms with Crippen molar-refractivity contribution in [2.45, 2.75) is 38.1 Å². The average molecular weight is 314 g/mol. The summed E-state index contributed by atoms with van der Waals surface area (Å²) >= 11 is 0. The summed E-state index contributed by atoms with van der Waals surface area (Å²) < 4.78 is 4.99. The smallest absolute Gasteiger partial charge is 0.259 e. The van der Waals surface area contributed by atoms with Gasteiger partial charge in [0.05, 0.1) is 5.54 Å². The second kappa shape index (κ2) is 6.12. The Morgan fingerprint density at radius 2 is 1.96 bits per heavy atom. The van der Waals surface area contributed by atoms with E-state index >= 15 is 0 Å². The minimum Gasteiger partial charge on any atom is -0.364 e. The molecule has 0 unspecified atom stereocenters. The number of amides is 1. The van der Waals surface area contributed by atoms with Gasteiger partial charge >= 0.3 is 0 Å². The first-order valence-corrected chi connectivity index (χ1v) is 7.90. The topological polar surface area (TPSA) is 85.2 Å². The lowest BCUT2D eigenvalue weighted by Crippen LogP contribution is -2.40. The van der Waals surface area contributed by atoms with Gasteiger partial charge < -0.3 is 15.2 Å². The molecule has 1 fully saturated rings. The van der Waals surface area contributed by atoms with E-state index in [1.807, 2.05) is 31.1 Å². The zero-order valence-corrected chi connectivity index (χ0v) is 13.5. The fraction of sp³-hybridized carbons (Fsp3) is 0.471. The molecular weight excluding hydrogens is 292 g/mol.